The van der Waals surface area contributed by atoms with Gasteiger partial charge in [0.05, 0.1) is 6.10 Å². The van der Waals surface area contributed by atoms with Crippen LogP contribution in [0.15, 0.2) is 0 Å². The van der Waals surface area contributed by atoms with Crippen molar-refractivity contribution < 1.29 is 24.8 Å². The SMILES string of the molecule is CO[C@@H]1[C@@H](O)[C@@H](O)[C@@H](C)O[C@@H]1O. The molecule has 5 heteroatoms. The van der Waals surface area contributed by atoms with Crippen LogP contribution >= 0.6 is 0 Å². The maximum absolute atomic E-state index is 9.36. The van der Waals surface area contributed by atoms with E-state index in [-0.39, 0.29) is 0 Å². The fourth-order valence-corrected chi connectivity index (χ4v) is 1.27. The lowest BCUT2D eigenvalue weighted by Crippen LogP contribution is -2.57. The Morgan fingerprint density at radius 3 is 2.25 bits per heavy atom. The molecule has 0 aromatic rings. The summed E-state index contributed by atoms with van der Waals surface area (Å²) in [6.45, 7) is 1.57. The smallest absolute Gasteiger partial charge is 0.184 e. The first-order valence-corrected chi connectivity index (χ1v) is 3.80. The Bertz CT molecular complexity index is 151. The molecule has 0 unspecified atom stereocenters. The van der Waals surface area contributed by atoms with Crippen LogP contribution in [0.3, 0.4) is 0 Å². The number of hydrogen-bond acceptors (Lipinski definition) is 5. The highest BCUT2D eigenvalue weighted by molar-refractivity contribution is 4.87. The van der Waals surface area contributed by atoms with Crippen LogP contribution in [0.1, 0.15) is 6.92 Å². The van der Waals surface area contributed by atoms with E-state index < -0.39 is 30.7 Å². The van der Waals surface area contributed by atoms with E-state index in [2.05, 4.69) is 0 Å². The Hall–Kier alpha value is -0.200. The van der Waals surface area contributed by atoms with Crippen molar-refractivity contribution in [1.29, 1.82) is 0 Å². The Balaban J connectivity index is 2.65. The number of hydrogen-bond donors (Lipinski definition) is 3. The van der Waals surface area contributed by atoms with Crippen LogP contribution in [0.25, 0.3) is 0 Å². The summed E-state index contributed by atoms with van der Waals surface area (Å²) in [5.41, 5.74) is 0. The van der Waals surface area contributed by atoms with Gasteiger partial charge in [-0.15, -0.1) is 0 Å². The molecule has 0 aromatic heterocycles. The van der Waals surface area contributed by atoms with Crippen LogP contribution in [0.5, 0.6) is 0 Å². The molecule has 0 spiro atoms. The van der Waals surface area contributed by atoms with E-state index in [0.29, 0.717) is 0 Å². The first-order valence-electron chi connectivity index (χ1n) is 3.80. The third-order valence-electron chi connectivity index (χ3n) is 2.07. The normalized spacial score (nSPS) is 49.2. The summed E-state index contributed by atoms with van der Waals surface area (Å²) in [6, 6.07) is 0. The van der Waals surface area contributed by atoms with Gasteiger partial charge in [-0.05, 0) is 6.92 Å². The lowest BCUT2D eigenvalue weighted by molar-refractivity contribution is -0.283. The van der Waals surface area contributed by atoms with E-state index in [1.165, 1.54) is 7.11 Å². The van der Waals surface area contributed by atoms with Crippen molar-refractivity contribution in [3.8, 4) is 0 Å². The molecule has 1 rings (SSSR count). The fraction of sp³-hybridized carbons (Fsp3) is 1.00. The molecule has 1 saturated heterocycles. The van der Waals surface area contributed by atoms with E-state index in [4.69, 9.17) is 9.47 Å². The fourth-order valence-electron chi connectivity index (χ4n) is 1.27. The number of rotatable bonds is 1. The second-order valence-corrected chi connectivity index (χ2v) is 2.91. The van der Waals surface area contributed by atoms with Gasteiger partial charge in [-0.25, -0.2) is 0 Å². The van der Waals surface area contributed by atoms with E-state index in [1.54, 1.807) is 6.92 Å². The van der Waals surface area contributed by atoms with Crippen molar-refractivity contribution in [2.45, 2.75) is 37.6 Å². The highest BCUT2D eigenvalue weighted by Gasteiger charge is 2.41. The van der Waals surface area contributed by atoms with Crippen LogP contribution in [-0.2, 0) is 9.47 Å². The second-order valence-electron chi connectivity index (χ2n) is 2.91. The first kappa shape index (κ1) is 9.88. The molecule has 0 aromatic carbocycles. The predicted octanol–water partition coefficient (Wildman–Crippen LogP) is -1.54. The number of methoxy groups -OCH3 is 1. The summed E-state index contributed by atoms with van der Waals surface area (Å²) in [5.74, 6) is 0. The molecule has 3 N–H and O–H groups in total. The van der Waals surface area contributed by atoms with Crippen molar-refractivity contribution in [3.05, 3.63) is 0 Å². The minimum absolute atomic E-state index is 0.582. The van der Waals surface area contributed by atoms with Gasteiger partial charge in [0.1, 0.15) is 18.3 Å². The van der Waals surface area contributed by atoms with E-state index in [0.717, 1.165) is 0 Å². The van der Waals surface area contributed by atoms with Gasteiger partial charge in [0.25, 0.3) is 0 Å². The summed E-state index contributed by atoms with van der Waals surface area (Å²) in [7, 11) is 1.34. The second kappa shape index (κ2) is 3.68. The van der Waals surface area contributed by atoms with Gasteiger partial charge in [0.15, 0.2) is 6.29 Å². The zero-order chi connectivity index (χ0) is 9.30. The van der Waals surface area contributed by atoms with Crippen LogP contribution in [-0.4, -0.2) is 53.1 Å². The summed E-state index contributed by atoms with van der Waals surface area (Å²) in [6.07, 6.45) is -4.76. The van der Waals surface area contributed by atoms with E-state index in [9.17, 15) is 15.3 Å². The quantitative estimate of drug-likeness (QED) is 0.453. The Morgan fingerprint density at radius 2 is 1.75 bits per heavy atom. The van der Waals surface area contributed by atoms with E-state index in [1.807, 2.05) is 0 Å². The molecule has 0 saturated carbocycles. The predicted molar refractivity (Wildman–Crippen MR) is 39.4 cm³/mol. The molecule has 5 atom stereocenters. The third-order valence-corrected chi connectivity index (χ3v) is 2.07. The molecule has 5 nitrogen and oxygen atoms in total. The molecule has 72 valence electrons. The Labute approximate surface area is 70.5 Å². The molecule has 0 bridgehead atoms. The van der Waals surface area contributed by atoms with Gasteiger partial charge in [-0.1, -0.05) is 0 Å². The summed E-state index contributed by atoms with van der Waals surface area (Å²) >= 11 is 0. The topological polar surface area (TPSA) is 79.2 Å². The molecule has 12 heavy (non-hydrogen) atoms. The molecule has 0 aliphatic carbocycles. The van der Waals surface area contributed by atoms with Crippen molar-refractivity contribution in [2.75, 3.05) is 7.11 Å². The molecule has 0 amide bonds. The molecule has 0 radical (unpaired) electrons. The maximum Gasteiger partial charge on any atom is 0.184 e. The number of aliphatic hydroxyl groups excluding tert-OH is 3. The lowest BCUT2D eigenvalue weighted by Gasteiger charge is -2.38. The zero-order valence-electron chi connectivity index (χ0n) is 7.04. The van der Waals surface area contributed by atoms with Gasteiger partial charge in [0.2, 0.25) is 0 Å². The largest absolute Gasteiger partial charge is 0.388 e. The van der Waals surface area contributed by atoms with Crippen molar-refractivity contribution in [1.82, 2.24) is 0 Å². The van der Waals surface area contributed by atoms with Gasteiger partial charge in [0, 0.05) is 7.11 Å². The van der Waals surface area contributed by atoms with Crippen molar-refractivity contribution >= 4 is 0 Å². The molecule has 1 aliphatic heterocycles. The van der Waals surface area contributed by atoms with E-state index >= 15 is 0 Å². The molecular weight excluding hydrogens is 164 g/mol. The van der Waals surface area contributed by atoms with Crippen LogP contribution in [0, 0.1) is 0 Å². The average Bonchev–Trinajstić information content (AvgIpc) is 2.01. The van der Waals surface area contributed by atoms with Gasteiger partial charge in [-0.3, -0.25) is 0 Å². The molecular formula is C7H14O5. The minimum atomic E-state index is -1.18. The van der Waals surface area contributed by atoms with Crippen LogP contribution in [0.4, 0.5) is 0 Å². The Morgan fingerprint density at radius 1 is 1.17 bits per heavy atom. The zero-order valence-corrected chi connectivity index (χ0v) is 7.04. The standard InChI is InChI=1S/C7H14O5/c1-3-4(8)5(9)6(11-2)7(10)12-3/h3-10H,1-2H3/t3-,4+,5+,6-,7+/m1/s1. The molecule has 1 aliphatic rings. The minimum Gasteiger partial charge on any atom is -0.388 e. The highest BCUT2D eigenvalue weighted by atomic mass is 16.7. The number of aliphatic hydroxyl groups is 3. The average molecular weight is 178 g/mol. The summed E-state index contributed by atoms with van der Waals surface area (Å²) < 4.78 is 9.64. The number of ether oxygens (including phenoxy) is 2. The van der Waals surface area contributed by atoms with Crippen molar-refractivity contribution in [2.24, 2.45) is 0 Å². The summed E-state index contributed by atoms with van der Waals surface area (Å²) in [4.78, 5) is 0. The third kappa shape index (κ3) is 1.60. The van der Waals surface area contributed by atoms with Crippen LogP contribution in [0.2, 0.25) is 0 Å². The maximum atomic E-state index is 9.36. The Kier molecular flexibility index (Phi) is 3.03. The molecule has 1 heterocycles. The molecule has 1 fully saturated rings. The van der Waals surface area contributed by atoms with Crippen LogP contribution < -0.4 is 0 Å². The van der Waals surface area contributed by atoms with Gasteiger partial charge < -0.3 is 24.8 Å². The first-order chi connectivity index (χ1) is 5.57. The lowest BCUT2D eigenvalue weighted by atomic mass is 10.00. The monoisotopic (exact) mass is 178 g/mol. The van der Waals surface area contributed by atoms with Gasteiger partial charge in [-0.2, -0.15) is 0 Å². The van der Waals surface area contributed by atoms with Gasteiger partial charge >= 0.3 is 0 Å². The van der Waals surface area contributed by atoms with Crippen molar-refractivity contribution in [3.63, 3.8) is 0 Å². The highest BCUT2D eigenvalue weighted by Crippen LogP contribution is 2.20. The summed E-state index contributed by atoms with van der Waals surface area (Å²) in [5, 5.41) is 27.9.